The van der Waals surface area contributed by atoms with E-state index in [1.807, 2.05) is 42.2 Å². The van der Waals surface area contributed by atoms with Crippen LogP contribution in [-0.4, -0.2) is 44.5 Å². The van der Waals surface area contributed by atoms with E-state index in [2.05, 4.69) is 39.7 Å². The van der Waals surface area contributed by atoms with Crippen molar-refractivity contribution < 1.29 is 14.3 Å². The summed E-state index contributed by atoms with van der Waals surface area (Å²) in [5, 5.41) is 13.0. The van der Waals surface area contributed by atoms with Gasteiger partial charge < -0.3 is 9.47 Å². The molecular formula is C31H35N5O3. The molecule has 2 fully saturated rings. The molecule has 6 rings (SSSR count). The van der Waals surface area contributed by atoms with Gasteiger partial charge in [0.2, 0.25) is 0 Å². The molecule has 0 bridgehead atoms. The second-order valence-corrected chi connectivity index (χ2v) is 10.8. The van der Waals surface area contributed by atoms with Crippen LogP contribution >= 0.6 is 0 Å². The van der Waals surface area contributed by atoms with Crippen LogP contribution in [0.3, 0.4) is 0 Å². The second-order valence-electron chi connectivity index (χ2n) is 10.8. The third-order valence-corrected chi connectivity index (χ3v) is 8.13. The minimum atomic E-state index is -0.379. The molecule has 8 nitrogen and oxygen atoms in total. The highest BCUT2D eigenvalue weighted by atomic mass is 16.5. The van der Waals surface area contributed by atoms with E-state index in [-0.39, 0.29) is 17.8 Å². The van der Waals surface area contributed by atoms with Crippen LogP contribution in [0.15, 0.2) is 60.9 Å². The summed E-state index contributed by atoms with van der Waals surface area (Å²) in [6.07, 6.45) is 12.3. The van der Waals surface area contributed by atoms with Crippen LogP contribution in [0.4, 0.5) is 0 Å². The lowest BCUT2D eigenvalue weighted by atomic mass is 9.87. The van der Waals surface area contributed by atoms with Gasteiger partial charge in [-0.25, -0.2) is 9.48 Å². The maximum atomic E-state index is 12.7. The highest BCUT2D eigenvalue weighted by molar-refractivity contribution is 5.91. The molecule has 2 aromatic heterocycles. The molecule has 2 aromatic carbocycles. The number of methoxy groups -OCH3 is 1. The fourth-order valence-electron chi connectivity index (χ4n) is 5.95. The number of hydrogen-bond acceptors (Lipinski definition) is 6. The lowest BCUT2D eigenvalue weighted by molar-refractivity contribution is 0.0599. The summed E-state index contributed by atoms with van der Waals surface area (Å²) in [5.41, 5.74) is 5.32. The summed E-state index contributed by atoms with van der Waals surface area (Å²) in [7, 11) is 3.27. The molecule has 2 heterocycles. The normalized spacial score (nSPS) is 19.1. The summed E-state index contributed by atoms with van der Waals surface area (Å²) < 4.78 is 14.8. The van der Waals surface area contributed by atoms with E-state index in [9.17, 15) is 4.79 Å². The molecule has 2 aliphatic carbocycles. The Balaban J connectivity index is 1.24. The maximum Gasteiger partial charge on any atom is 0.341 e. The fourth-order valence-corrected chi connectivity index (χ4v) is 5.95. The molecule has 0 unspecified atom stereocenters. The van der Waals surface area contributed by atoms with Crippen molar-refractivity contribution in [3.63, 3.8) is 0 Å². The summed E-state index contributed by atoms with van der Waals surface area (Å²) in [6.45, 7) is 0.759. The summed E-state index contributed by atoms with van der Waals surface area (Å²) >= 11 is 0. The Morgan fingerprint density at radius 1 is 1.03 bits per heavy atom. The van der Waals surface area contributed by atoms with E-state index in [4.69, 9.17) is 9.47 Å². The van der Waals surface area contributed by atoms with Gasteiger partial charge in [-0.1, -0.05) is 61.6 Å². The average Bonchev–Trinajstić information content (AvgIpc) is 3.42. The summed E-state index contributed by atoms with van der Waals surface area (Å²) in [5.74, 6) is 1.63. The van der Waals surface area contributed by atoms with Crippen LogP contribution in [0.25, 0.3) is 16.8 Å². The van der Waals surface area contributed by atoms with Crippen molar-refractivity contribution in [2.45, 2.75) is 56.8 Å². The molecule has 0 radical (unpaired) electrons. The van der Waals surface area contributed by atoms with E-state index in [1.165, 1.54) is 39.2 Å². The van der Waals surface area contributed by atoms with Crippen molar-refractivity contribution in [2.24, 2.45) is 13.0 Å². The van der Waals surface area contributed by atoms with Crippen molar-refractivity contribution in [1.29, 1.82) is 0 Å². The Hall–Kier alpha value is -3.94. The number of aryl methyl sites for hydroxylation is 1. The molecule has 0 spiro atoms. The molecule has 0 amide bonds. The van der Waals surface area contributed by atoms with Crippen molar-refractivity contribution >= 4 is 5.97 Å². The maximum absolute atomic E-state index is 12.7. The first-order valence-corrected chi connectivity index (χ1v) is 14.0. The lowest BCUT2D eigenvalue weighted by Crippen LogP contribution is -2.10. The zero-order chi connectivity index (χ0) is 26.8. The van der Waals surface area contributed by atoms with Gasteiger partial charge >= 0.3 is 5.97 Å². The lowest BCUT2D eigenvalue weighted by Gasteiger charge is -2.21. The van der Waals surface area contributed by atoms with Gasteiger partial charge in [-0.05, 0) is 54.2 Å². The number of carbonyl (C=O) groups is 1. The van der Waals surface area contributed by atoms with E-state index in [1.54, 1.807) is 10.9 Å². The van der Waals surface area contributed by atoms with Crippen LogP contribution in [0, 0.1) is 5.92 Å². The number of benzene rings is 2. The van der Waals surface area contributed by atoms with Crippen LogP contribution < -0.4 is 4.74 Å². The molecule has 0 N–H and O–H groups in total. The average molecular weight is 526 g/mol. The predicted molar refractivity (Wildman–Crippen MR) is 148 cm³/mol. The molecule has 202 valence electrons. The first-order valence-electron chi connectivity index (χ1n) is 14.0. The van der Waals surface area contributed by atoms with Gasteiger partial charge in [-0.15, -0.1) is 5.10 Å². The van der Waals surface area contributed by atoms with Crippen molar-refractivity contribution in [2.75, 3.05) is 13.7 Å². The minimum absolute atomic E-state index is 0.114. The molecule has 2 atom stereocenters. The third-order valence-electron chi connectivity index (χ3n) is 8.13. The Morgan fingerprint density at radius 2 is 1.82 bits per heavy atom. The smallest absolute Gasteiger partial charge is 0.341 e. The Kier molecular flexibility index (Phi) is 7.18. The van der Waals surface area contributed by atoms with Gasteiger partial charge in [-0.2, -0.15) is 5.10 Å². The number of esters is 1. The van der Waals surface area contributed by atoms with E-state index in [0.717, 1.165) is 59.3 Å². The van der Waals surface area contributed by atoms with Gasteiger partial charge in [0.15, 0.2) is 0 Å². The number of rotatable bonds is 9. The number of ether oxygens (including phenoxy) is 2. The molecular weight excluding hydrogens is 490 g/mol. The highest BCUT2D eigenvalue weighted by Crippen LogP contribution is 2.55. The van der Waals surface area contributed by atoms with Crippen molar-refractivity contribution in [3.8, 4) is 22.6 Å². The first kappa shape index (κ1) is 25.3. The first-order chi connectivity index (χ1) is 19.1. The van der Waals surface area contributed by atoms with Crippen LogP contribution in [0.5, 0.6) is 5.75 Å². The largest absolute Gasteiger partial charge is 0.494 e. The van der Waals surface area contributed by atoms with E-state index < -0.39 is 0 Å². The van der Waals surface area contributed by atoms with E-state index in [0.29, 0.717) is 5.56 Å². The van der Waals surface area contributed by atoms with Crippen LogP contribution in [0.2, 0.25) is 0 Å². The van der Waals surface area contributed by atoms with Crippen molar-refractivity contribution in [1.82, 2.24) is 24.8 Å². The molecule has 0 aliphatic heterocycles. The SMILES string of the molecule is COC(=O)c1cnn(-c2cccc(-c3cccc(OCCC4CCCCC4)c3)c2)c1[C@@H]1C[C@H]1c1cn(C)nn1. The number of nitrogens with zero attached hydrogens (tertiary/aromatic N) is 5. The van der Waals surface area contributed by atoms with Gasteiger partial charge in [-0.3, -0.25) is 4.68 Å². The highest BCUT2D eigenvalue weighted by Gasteiger charge is 2.46. The second kappa shape index (κ2) is 11.0. The number of aromatic nitrogens is 5. The molecule has 2 saturated carbocycles. The molecule has 2 aliphatic rings. The molecule has 8 heteroatoms. The topological polar surface area (TPSA) is 84.1 Å². The molecule has 39 heavy (non-hydrogen) atoms. The summed E-state index contributed by atoms with van der Waals surface area (Å²) in [6, 6.07) is 16.5. The number of carbonyl (C=O) groups excluding carboxylic acids is 1. The fraction of sp³-hybridized carbons (Fsp3) is 0.419. The monoisotopic (exact) mass is 525 g/mol. The van der Waals surface area contributed by atoms with Crippen LogP contribution in [-0.2, 0) is 11.8 Å². The third kappa shape index (κ3) is 5.46. The number of hydrogen-bond donors (Lipinski definition) is 0. The minimum Gasteiger partial charge on any atom is -0.494 e. The standard InChI is InChI=1S/C31H35N5O3/c1-35-20-29(33-34-35)26-18-27(26)30-28(31(37)38-2)19-32-36(30)24-12-6-10-22(16-24)23-11-7-13-25(17-23)39-15-14-21-8-4-3-5-9-21/h6-7,10-13,16-17,19-21,26-27H,3-5,8-9,14-15,18H2,1-2H3/t26-,27-/m1/s1. The zero-order valence-corrected chi connectivity index (χ0v) is 22.6. The molecule has 4 aromatic rings. The Bertz CT molecular complexity index is 1450. The van der Waals surface area contributed by atoms with Crippen LogP contribution in [0.1, 0.15) is 78.5 Å². The van der Waals surface area contributed by atoms with Gasteiger partial charge in [0.25, 0.3) is 0 Å². The predicted octanol–water partition coefficient (Wildman–Crippen LogP) is 6.07. The Morgan fingerprint density at radius 3 is 2.59 bits per heavy atom. The van der Waals surface area contributed by atoms with Gasteiger partial charge in [0.1, 0.15) is 11.3 Å². The quantitative estimate of drug-likeness (QED) is 0.247. The summed E-state index contributed by atoms with van der Waals surface area (Å²) in [4.78, 5) is 12.7. The van der Waals surface area contributed by atoms with Crippen molar-refractivity contribution in [3.05, 3.63) is 77.9 Å². The molecule has 0 saturated heterocycles. The Labute approximate surface area is 228 Å². The zero-order valence-electron chi connectivity index (χ0n) is 22.6. The van der Waals surface area contributed by atoms with Gasteiger partial charge in [0, 0.05) is 25.1 Å². The van der Waals surface area contributed by atoms with E-state index >= 15 is 0 Å². The van der Waals surface area contributed by atoms with Gasteiger partial charge in [0.05, 0.1) is 37.0 Å².